The van der Waals surface area contributed by atoms with Crippen molar-refractivity contribution < 1.29 is 13.7 Å². The second kappa shape index (κ2) is 3.75. The van der Waals surface area contributed by atoms with E-state index in [2.05, 4.69) is 0 Å². The summed E-state index contributed by atoms with van der Waals surface area (Å²) in [6, 6.07) is 4.69. The first-order valence-electron chi connectivity index (χ1n) is 3.37. The van der Waals surface area contributed by atoms with Gasteiger partial charge in [0.2, 0.25) is 0 Å². The average molecular weight is 185 g/mol. The topological polar surface area (TPSA) is 43.1 Å². The molecule has 1 rings (SSSR count). The van der Waals surface area contributed by atoms with E-state index in [1.165, 1.54) is 12.1 Å². The molecule has 0 spiro atoms. The van der Waals surface area contributed by atoms with Gasteiger partial charge in [-0.15, -0.1) is 4.39 Å². The number of hydrogen-bond donors (Lipinski definition) is 0. The molecule has 0 aliphatic carbocycles. The summed E-state index contributed by atoms with van der Waals surface area (Å²) in [6.45, 7) is 0. The number of hydrogen-bond acceptors (Lipinski definition) is 2. The van der Waals surface area contributed by atoms with Crippen molar-refractivity contribution in [1.82, 2.24) is 0 Å². The minimum absolute atomic E-state index is 0.246. The third kappa shape index (κ3) is 2.62. The Labute approximate surface area is 72.5 Å². The molecular weight excluding hydrogens is 180 g/mol. The Kier molecular flexibility index (Phi) is 2.69. The minimum atomic E-state index is -1.47. The summed E-state index contributed by atoms with van der Waals surface area (Å²) in [6.07, 6.45) is 0.722. The van der Waals surface area contributed by atoms with Crippen molar-refractivity contribution in [3.63, 3.8) is 0 Å². The van der Waals surface area contributed by atoms with Gasteiger partial charge in [0.25, 0.3) is 0 Å². The van der Waals surface area contributed by atoms with E-state index >= 15 is 0 Å². The predicted octanol–water partition coefficient (Wildman–Crippen LogP) is 2.37. The van der Waals surface area contributed by atoms with E-state index < -0.39 is 16.7 Å². The van der Waals surface area contributed by atoms with Gasteiger partial charge in [0.05, 0.1) is 11.0 Å². The number of halogens is 2. The summed E-state index contributed by atoms with van der Waals surface area (Å²) >= 11 is 0. The molecular formula is C8H5F2NO2. The van der Waals surface area contributed by atoms with Gasteiger partial charge in [0, 0.05) is 0 Å². The molecule has 68 valence electrons. The molecule has 1 aromatic rings. The van der Waals surface area contributed by atoms with Crippen molar-refractivity contribution in [1.29, 1.82) is 0 Å². The van der Waals surface area contributed by atoms with Gasteiger partial charge in [-0.25, -0.2) is 4.39 Å². The van der Waals surface area contributed by atoms with Crippen LogP contribution in [0.5, 0.6) is 0 Å². The van der Waals surface area contributed by atoms with E-state index in [-0.39, 0.29) is 5.56 Å². The van der Waals surface area contributed by atoms with Crippen molar-refractivity contribution in [3.05, 3.63) is 51.7 Å². The highest BCUT2D eigenvalue weighted by molar-refractivity contribution is 5.49. The number of nitrogens with zero attached hydrogens (tertiary/aromatic N) is 1. The fraction of sp³-hybridized carbons (Fsp3) is 0. The van der Waals surface area contributed by atoms with Gasteiger partial charge < -0.3 is 0 Å². The van der Waals surface area contributed by atoms with Gasteiger partial charge >= 0.3 is 5.95 Å². The lowest BCUT2D eigenvalue weighted by Gasteiger charge is -1.90. The Hall–Kier alpha value is -1.78. The lowest BCUT2D eigenvalue weighted by molar-refractivity contribution is -0.445. The molecule has 0 aromatic heterocycles. The zero-order valence-corrected chi connectivity index (χ0v) is 6.41. The summed E-state index contributed by atoms with van der Waals surface area (Å²) < 4.78 is 24.7. The van der Waals surface area contributed by atoms with Gasteiger partial charge in [-0.2, -0.15) is 0 Å². The zero-order valence-electron chi connectivity index (χ0n) is 6.41. The van der Waals surface area contributed by atoms with Crippen LogP contribution in [0.4, 0.5) is 8.78 Å². The zero-order chi connectivity index (χ0) is 9.84. The molecule has 0 N–H and O–H groups in total. The largest absolute Gasteiger partial charge is 0.419 e. The van der Waals surface area contributed by atoms with Crippen molar-refractivity contribution in [3.8, 4) is 0 Å². The maximum Gasteiger partial charge on any atom is 0.419 e. The van der Waals surface area contributed by atoms with Crippen LogP contribution in [0.1, 0.15) is 5.56 Å². The Morgan fingerprint density at radius 2 is 1.92 bits per heavy atom. The van der Waals surface area contributed by atoms with Crippen molar-refractivity contribution in [2.24, 2.45) is 0 Å². The Morgan fingerprint density at radius 1 is 1.38 bits per heavy atom. The molecule has 0 heterocycles. The van der Waals surface area contributed by atoms with Gasteiger partial charge in [0.1, 0.15) is 5.82 Å². The molecule has 5 heteroatoms. The summed E-state index contributed by atoms with van der Waals surface area (Å²) in [5.74, 6) is -1.94. The molecule has 0 saturated carbocycles. The summed E-state index contributed by atoms with van der Waals surface area (Å²) in [7, 11) is 0. The summed E-state index contributed by atoms with van der Waals surface area (Å²) in [4.78, 5) is 8.71. The number of rotatable bonds is 2. The van der Waals surface area contributed by atoms with Gasteiger partial charge in [-0.3, -0.25) is 10.1 Å². The molecule has 13 heavy (non-hydrogen) atoms. The lowest BCUT2D eigenvalue weighted by Crippen LogP contribution is -1.91. The number of benzene rings is 1. The molecule has 0 saturated heterocycles. The highest BCUT2D eigenvalue weighted by Gasteiger charge is 2.06. The van der Waals surface area contributed by atoms with E-state index in [1.54, 1.807) is 0 Å². The van der Waals surface area contributed by atoms with Crippen LogP contribution in [0, 0.1) is 15.9 Å². The first-order chi connectivity index (χ1) is 6.09. The quantitative estimate of drug-likeness (QED) is 0.403. The Bertz CT molecular complexity index is 346. The smallest absolute Gasteiger partial charge is 0.256 e. The Balaban J connectivity index is 2.92. The van der Waals surface area contributed by atoms with E-state index in [4.69, 9.17) is 0 Å². The average Bonchev–Trinajstić information content (AvgIpc) is 2.08. The summed E-state index contributed by atoms with van der Waals surface area (Å²) in [5, 5.41) is 9.86. The van der Waals surface area contributed by atoms with Crippen molar-refractivity contribution in [2.75, 3.05) is 0 Å². The van der Waals surface area contributed by atoms with E-state index in [0.717, 1.165) is 18.2 Å². The van der Waals surface area contributed by atoms with Gasteiger partial charge in [-0.05, 0) is 17.7 Å². The standard InChI is InChI=1S/C8H5F2NO2/c9-7-3-1-6(2-4-7)5-8(10)11(12)13/h1-5H/b8-5+. The molecule has 0 fully saturated rings. The Morgan fingerprint density at radius 3 is 2.38 bits per heavy atom. The minimum Gasteiger partial charge on any atom is -0.256 e. The lowest BCUT2D eigenvalue weighted by atomic mass is 10.2. The van der Waals surface area contributed by atoms with E-state index in [9.17, 15) is 18.9 Å². The monoisotopic (exact) mass is 185 g/mol. The van der Waals surface area contributed by atoms with Crippen LogP contribution in [-0.4, -0.2) is 4.92 Å². The maximum atomic E-state index is 12.4. The molecule has 1 aromatic carbocycles. The van der Waals surface area contributed by atoms with E-state index in [1.807, 2.05) is 0 Å². The first kappa shape index (κ1) is 9.31. The molecule has 0 amide bonds. The van der Waals surface area contributed by atoms with Crippen molar-refractivity contribution >= 4 is 6.08 Å². The van der Waals surface area contributed by atoms with Gasteiger partial charge in [-0.1, -0.05) is 12.1 Å². The van der Waals surface area contributed by atoms with Crippen LogP contribution in [0.15, 0.2) is 30.2 Å². The second-order valence-corrected chi connectivity index (χ2v) is 2.28. The van der Waals surface area contributed by atoms with Crippen LogP contribution in [-0.2, 0) is 0 Å². The molecule has 0 atom stereocenters. The molecule has 0 unspecified atom stereocenters. The fourth-order valence-corrected chi connectivity index (χ4v) is 0.749. The summed E-state index contributed by atoms with van der Waals surface area (Å²) in [5.41, 5.74) is 0.246. The highest BCUT2D eigenvalue weighted by Crippen LogP contribution is 2.09. The van der Waals surface area contributed by atoms with E-state index in [0.29, 0.717) is 0 Å². The third-order valence-corrected chi connectivity index (χ3v) is 1.33. The highest BCUT2D eigenvalue weighted by atomic mass is 19.1. The fourth-order valence-electron chi connectivity index (χ4n) is 0.749. The predicted molar refractivity (Wildman–Crippen MR) is 42.5 cm³/mol. The van der Waals surface area contributed by atoms with Crippen LogP contribution < -0.4 is 0 Å². The third-order valence-electron chi connectivity index (χ3n) is 1.33. The second-order valence-electron chi connectivity index (χ2n) is 2.28. The van der Waals surface area contributed by atoms with Crippen LogP contribution in [0.2, 0.25) is 0 Å². The molecule has 0 aliphatic heterocycles. The van der Waals surface area contributed by atoms with Crippen LogP contribution >= 0.6 is 0 Å². The van der Waals surface area contributed by atoms with Crippen molar-refractivity contribution in [2.45, 2.75) is 0 Å². The normalized spacial score (nSPS) is 11.4. The van der Waals surface area contributed by atoms with Gasteiger partial charge in [0.15, 0.2) is 0 Å². The SMILES string of the molecule is O=[N+]([O-])/C(F)=C/c1ccc(F)cc1. The first-order valence-corrected chi connectivity index (χ1v) is 3.37. The molecule has 0 bridgehead atoms. The van der Waals surface area contributed by atoms with Crippen LogP contribution in [0.25, 0.3) is 6.08 Å². The number of nitro groups is 1. The molecule has 0 aliphatic rings. The molecule has 0 radical (unpaired) electrons. The maximum absolute atomic E-state index is 12.4. The molecule has 3 nitrogen and oxygen atoms in total. The van der Waals surface area contributed by atoms with Crippen LogP contribution in [0.3, 0.4) is 0 Å².